The third kappa shape index (κ3) is 3.99. The van der Waals surface area contributed by atoms with Gasteiger partial charge in [-0.3, -0.25) is 14.7 Å². The Balaban J connectivity index is 1.44. The summed E-state index contributed by atoms with van der Waals surface area (Å²) in [4.78, 5) is 22.8. The molecule has 1 aliphatic heterocycles. The molecule has 2 N–H and O–H groups in total. The molecule has 1 atom stereocenters. The minimum absolute atomic E-state index is 0.0514. The van der Waals surface area contributed by atoms with E-state index in [1.165, 1.54) is 0 Å². The van der Waals surface area contributed by atoms with Crippen LogP contribution in [-0.2, 0) is 6.54 Å². The number of halogens is 1. The fraction of sp³-hybridized carbons (Fsp3) is 0.333. The summed E-state index contributed by atoms with van der Waals surface area (Å²) >= 11 is 6.09. The van der Waals surface area contributed by atoms with Gasteiger partial charge in [0.05, 0.1) is 5.69 Å². The maximum atomic E-state index is 12.8. The van der Waals surface area contributed by atoms with Crippen LogP contribution in [0.4, 0.5) is 0 Å². The number of nitrogens with one attached hydrogen (secondary N) is 2. The zero-order valence-electron chi connectivity index (χ0n) is 15.3. The second-order valence-corrected chi connectivity index (χ2v) is 7.62. The fourth-order valence-electron chi connectivity index (χ4n) is 3.82. The second-order valence-electron chi connectivity index (χ2n) is 7.18. The maximum Gasteiger partial charge on any atom is 0.268 e. The Kier molecular flexibility index (Phi) is 5.14. The number of aromatic amines is 1. The van der Waals surface area contributed by atoms with E-state index < -0.39 is 0 Å². The Morgan fingerprint density at radius 3 is 3.07 bits per heavy atom. The van der Waals surface area contributed by atoms with Crippen molar-refractivity contribution in [3.05, 3.63) is 64.6 Å². The van der Waals surface area contributed by atoms with Gasteiger partial charge in [-0.05, 0) is 62.2 Å². The second kappa shape index (κ2) is 7.71. The van der Waals surface area contributed by atoms with Gasteiger partial charge >= 0.3 is 0 Å². The van der Waals surface area contributed by atoms with E-state index in [9.17, 15) is 4.79 Å². The van der Waals surface area contributed by atoms with Crippen molar-refractivity contribution in [2.75, 3.05) is 13.1 Å². The van der Waals surface area contributed by atoms with E-state index in [2.05, 4.69) is 20.2 Å². The third-order valence-corrected chi connectivity index (χ3v) is 5.43. The first-order valence-corrected chi connectivity index (χ1v) is 9.69. The highest BCUT2D eigenvalue weighted by molar-refractivity contribution is 6.31. The van der Waals surface area contributed by atoms with E-state index in [0.29, 0.717) is 10.7 Å². The van der Waals surface area contributed by atoms with Crippen molar-refractivity contribution >= 4 is 28.4 Å². The largest absolute Gasteiger partial charge is 0.350 e. The van der Waals surface area contributed by atoms with E-state index in [0.717, 1.165) is 54.6 Å². The lowest BCUT2D eigenvalue weighted by atomic mass is 10.0. The van der Waals surface area contributed by atoms with Gasteiger partial charge in [0.2, 0.25) is 0 Å². The lowest BCUT2D eigenvalue weighted by Gasteiger charge is -2.32. The zero-order chi connectivity index (χ0) is 18.8. The van der Waals surface area contributed by atoms with Crippen LogP contribution < -0.4 is 5.32 Å². The summed E-state index contributed by atoms with van der Waals surface area (Å²) in [6.45, 7) is 4.65. The molecule has 3 aromatic rings. The lowest BCUT2D eigenvalue weighted by molar-refractivity contribution is 0.0895. The molecular weight excluding hydrogens is 360 g/mol. The lowest BCUT2D eigenvalue weighted by Crippen LogP contribution is -2.47. The van der Waals surface area contributed by atoms with Crippen LogP contribution in [0, 0.1) is 6.92 Å². The van der Waals surface area contributed by atoms with E-state index in [1.807, 2.05) is 49.5 Å². The number of likely N-dealkylation sites (tertiary alicyclic amines) is 1. The smallest absolute Gasteiger partial charge is 0.268 e. The van der Waals surface area contributed by atoms with Crippen molar-refractivity contribution in [2.24, 2.45) is 0 Å². The van der Waals surface area contributed by atoms with Crippen LogP contribution in [0.1, 0.15) is 34.6 Å². The summed E-state index contributed by atoms with van der Waals surface area (Å²) in [6, 6.07) is 11.8. The van der Waals surface area contributed by atoms with Crippen LogP contribution in [0.25, 0.3) is 10.9 Å². The number of pyridine rings is 1. The van der Waals surface area contributed by atoms with Crippen molar-refractivity contribution in [1.82, 2.24) is 20.2 Å². The normalized spacial score (nSPS) is 17.9. The summed E-state index contributed by atoms with van der Waals surface area (Å²) in [7, 11) is 0. The van der Waals surface area contributed by atoms with Gasteiger partial charge in [-0.1, -0.05) is 17.7 Å². The molecular formula is C21H23ClN4O. The molecule has 0 saturated carbocycles. The Hall–Kier alpha value is -2.37. The third-order valence-electron chi connectivity index (χ3n) is 5.20. The van der Waals surface area contributed by atoms with E-state index in [1.54, 1.807) is 0 Å². The number of aromatic nitrogens is 2. The summed E-state index contributed by atoms with van der Waals surface area (Å²) in [5.41, 5.74) is 3.55. The quantitative estimate of drug-likeness (QED) is 0.719. The number of nitrogens with zero attached hydrogens (tertiary/aromatic N) is 2. The molecule has 0 spiro atoms. The molecule has 1 aliphatic rings. The Morgan fingerprint density at radius 1 is 1.37 bits per heavy atom. The van der Waals surface area contributed by atoms with Gasteiger partial charge in [-0.25, -0.2) is 0 Å². The molecule has 5 nitrogen and oxygen atoms in total. The first-order valence-electron chi connectivity index (χ1n) is 9.31. The van der Waals surface area contributed by atoms with Crippen molar-refractivity contribution in [2.45, 2.75) is 32.4 Å². The number of hydrogen-bond donors (Lipinski definition) is 2. The predicted octanol–water partition coefficient (Wildman–Crippen LogP) is 3.92. The van der Waals surface area contributed by atoms with Crippen molar-refractivity contribution in [3.63, 3.8) is 0 Å². The zero-order valence-corrected chi connectivity index (χ0v) is 16.1. The van der Waals surface area contributed by atoms with Gasteiger partial charge in [-0.2, -0.15) is 0 Å². The Bertz CT molecular complexity index is 953. The number of carbonyl (C=O) groups excluding carboxylic acids is 1. The highest BCUT2D eigenvalue weighted by atomic mass is 35.5. The predicted molar refractivity (Wildman–Crippen MR) is 108 cm³/mol. The van der Waals surface area contributed by atoms with Crippen molar-refractivity contribution in [3.8, 4) is 0 Å². The molecule has 0 bridgehead atoms. The topological polar surface area (TPSA) is 61.0 Å². The van der Waals surface area contributed by atoms with Crippen LogP contribution in [0.5, 0.6) is 0 Å². The van der Waals surface area contributed by atoms with E-state index >= 15 is 0 Å². The number of hydrogen-bond acceptors (Lipinski definition) is 3. The first kappa shape index (κ1) is 18.0. The average molecular weight is 383 g/mol. The molecule has 3 heterocycles. The molecule has 0 aliphatic carbocycles. The molecule has 4 rings (SSSR count). The number of piperidine rings is 1. The molecule has 0 radical (unpaired) electrons. The van der Waals surface area contributed by atoms with Crippen LogP contribution >= 0.6 is 11.6 Å². The van der Waals surface area contributed by atoms with Gasteiger partial charge in [-0.15, -0.1) is 0 Å². The Morgan fingerprint density at radius 2 is 2.26 bits per heavy atom. The Labute approximate surface area is 163 Å². The van der Waals surface area contributed by atoms with Crippen LogP contribution in [0.2, 0.25) is 5.02 Å². The summed E-state index contributed by atoms with van der Waals surface area (Å²) in [5, 5.41) is 4.87. The number of aryl methyl sites for hydroxylation is 1. The fourth-order valence-corrected chi connectivity index (χ4v) is 3.99. The number of carbonyl (C=O) groups is 1. The minimum Gasteiger partial charge on any atom is -0.350 e. The van der Waals surface area contributed by atoms with Gasteiger partial charge < -0.3 is 10.3 Å². The number of fused-ring (bicyclic) bond motifs is 1. The van der Waals surface area contributed by atoms with E-state index in [-0.39, 0.29) is 11.9 Å². The monoisotopic (exact) mass is 382 g/mol. The van der Waals surface area contributed by atoms with Crippen LogP contribution in [-0.4, -0.2) is 39.9 Å². The van der Waals surface area contributed by atoms with Crippen LogP contribution in [0.15, 0.2) is 42.6 Å². The number of amides is 1. The molecule has 1 fully saturated rings. The standard InChI is InChI=1S/C21H23ClN4O/c1-14-18-11-15(22)7-8-19(18)25-20(14)21(27)24-17-6-4-10-26(13-17)12-16-5-2-3-9-23-16/h2-3,5,7-9,11,17,25H,4,6,10,12-13H2,1H3,(H,24,27). The summed E-state index contributed by atoms with van der Waals surface area (Å²) in [6.07, 6.45) is 3.89. The maximum absolute atomic E-state index is 12.8. The SMILES string of the molecule is Cc1c(C(=O)NC2CCCN(Cc3ccccn3)C2)[nH]c2ccc(Cl)cc12. The van der Waals surface area contributed by atoms with Crippen molar-refractivity contribution in [1.29, 1.82) is 0 Å². The van der Waals surface area contributed by atoms with Gasteiger partial charge in [0.15, 0.2) is 0 Å². The molecule has 1 saturated heterocycles. The molecule has 1 unspecified atom stereocenters. The van der Waals surface area contributed by atoms with Crippen molar-refractivity contribution < 1.29 is 4.79 Å². The number of benzene rings is 1. The molecule has 27 heavy (non-hydrogen) atoms. The van der Waals surface area contributed by atoms with Gasteiger partial charge in [0, 0.05) is 41.3 Å². The number of rotatable bonds is 4. The summed E-state index contributed by atoms with van der Waals surface area (Å²) in [5.74, 6) is -0.0514. The number of H-pyrrole nitrogens is 1. The first-order chi connectivity index (χ1) is 13.1. The highest BCUT2D eigenvalue weighted by Crippen LogP contribution is 2.25. The minimum atomic E-state index is -0.0514. The highest BCUT2D eigenvalue weighted by Gasteiger charge is 2.24. The molecule has 1 amide bonds. The van der Waals surface area contributed by atoms with Gasteiger partial charge in [0.25, 0.3) is 5.91 Å². The van der Waals surface area contributed by atoms with Gasteiger partial charge in [0.1, 0.15) is 5.69 Å². The van der Waals surface area contributed by atoms with E-state index in [4.69, 9.17) is 11.6 Å². The molecule has 1 aromatic carbocycles. The van der Waals surface area contributed by atoms with Crippen LogP contribution in [0.3, 0.4) is 0 Å². The summed E-state index contributed by atoms with van der Waals surface area (Å²) < 4.78 is 0. The average Bonchev–Trinajstić information content (AvgIpc) is 2.99. The molecule has 140 valence electrons. The molecule has 2 aromatic heterocycles. The molecule has 6 heteroatoms.